The summed E-state index contributed by atoms with van der Waals surface area (Å²) in [6.07, 6.45) is 0. The normalized spacial score (nSPS) is 11.6. The highest BCUT2D eigenvalue weighted by molar-refractivity contribution is 5.53. The summed E-state index contributed by atoms with van der Waals surface area (Å²) >= 11 is 0. The molecule has 0 unspecified atom stereocenters. The monoisotopic (exact) mass is 240 g/mol. The average Bonchev–Trinajstić information content (AvgIpc) is 2.34. The van der Waals surface area contributed by atoms with Gasteiger partial charge in [-0.05, 0) is 31.9 Å². The molecule has 0 aliphatic rings. The Kier molecular flexibility index (Phi) is 3.42. The van der Waals surface area contributed by atoms with Crippen LogP contribution in [0.1, 0.15) is 16.7 Å². The Morgan fingerprint density at radius 1 is 0.944 bits per heavy atom. The van der Waals surface area contributed by atoms with E-state index in [2.05, 4.69) is 5.11 Å². The lowest BCUT2D eigenvalue weighted by molar-refractivity contribution is -0.435. The van der Waals surface area contributed by atoms with Crippen LogP contribution in [0.2, 0.25) is 0 Å². The molecule has 0 fully saturated rings. The molecule has 0 aromatic heterocycles. The molecular formula is C15H16N2O. The van der Waals surface area contributed by atoms with Gasteiger partial charge >= 0.3 is 0 Å². The fourth-order valence-electron chi connectivity index (χ4n) is 2.03. The van der Waals surface area contributed by atoms with Crippen molar-refractivity contribution in [2.75, 3.05) is 0 Å². The zero-order valence-electron chi connectivity index (χ0n) is 10.8. The second-order valence-corrected chi connectivity index (χ2v) is 4.46. The molecule has 18 heavy (non-hydrogen) atoms. The SMILES string of the molecule is Cc1cc(C)c(N=[N+]([O-])c2ccccc2)c(C)c1. The van der Waals surface area contributed by atoms with E-state index < -0.39 is 0 Å². The Hall–Kier alpha value is -2.16. The number of aryl methyl sites for hydroxylation is 3. The molecule has 0 heterocycles. The molecule has 0 amide bonds. The van der Waals surface area contributed by atoms with Gasteiger partial charge in [0.1, 0.15) is 5.69 Å². The lowest BCUT2D eigenvalue weighted by Gasteiger charge is -2.05. The van der Waals surface area contributed by atoms with E-state index in [-0.39, 0.29) is 0 Å². The molecule has 0 spiro atoms. The molecule has 0 N–H and O–H groups in total. The van der Waals surface area contributed by atoms with Gasteiger partial charge in [0.05, 0.1) is 0 Å². The van der Waals surface area contributed by atoms with E-state index in [4.69, 9.17) is 0 Å². The summed E-state index contributed by atoms with van der Waals surface area (Å²) in [5.74, 6) is 0. The third-order valence-corrected chi connectivity index (χ3v) is 2.80. The summed E-state index contributed by atoms with van der Waals surface area (Å²) in [7, 11) is 0. The lowest BCUT2D eigenvalue weighted by atomic mass is 10.1. The van der Waals surface area contributed by atoms with Gasteiger partial charge in [0.15, 0.2) is 0 Å². The van der Waals surface area contributed by atoms with Crippen molar-refractivity contribution < 1.29 is 4.86 Å². The summed E-state index contributed by atoms with van der Waals surface area (Å²) in [6, 6.07) is 13.1. The van der Waals surface area contributed by atoms with Crippen molar-refractivity contribution >= 4 is 11.4 Å². The molecule has 0 aliphatic carbocycles. The Morgan fingerprint density at radius 2 is 1.50 bits per heavy atom. The van der Waals surface area contributed by atoms with E-state index in [1.807, 2.05) is 51.1 Å². The summed E-state index contributed by atoms with van der Waals surface area (Å²) in [5.41, 5.74) is 4.51. The van der Waals surface area contributed by atoms with Gasteiger partial charge in [-0.25, -0.2) is 0 Å². The van der Waals surface area contributed by atoms with E-state index in [0.717, 1.165) is 16.8 Å². The maximum Gasteiger partial charge on any atom is 0.244 e. The molecule has 0 atom stereocenters. The molecule has 0 aliphatic heterocycles. The molecule has 92 valence electrons. The van der Waals surface area contributed by atoms with Crippen molar-refractivity contribution in [3.05, 3.63) is 64.4 Å². The molecule has 0 saturated carbocycles. The van der Waals surface area contributed by atoms with Gasteiger partial charge in [-0.3, -0.25) is 0 Å². The van der Waals surface area contributed by atoms with Crippen molar-refractivity contribution in [1.29, 1.82) is 0 Å². The number of rotatable bonds is 2. The Labute approximate surface area is 107 Å². The summed E-state index contributed by atoms with van der Waals surface area (Å²) in [5, 5.41) is 16.1. The standard InChI is InChI=1S/C15H16N2O/c1-11-9-12(2)15(13(3)10-11)16-17(18)14-7-5-4-6-8-14/h4-10H,1-3H3. The Bertz CT molecular complexity index is 566. The Balaban J connectivity index is 2.45. The summed E-state index contributed by atoms with van der Waals surface area (Å²) in [4.78, 5) is 0.671. The number of benzene rings is 2. The minimum Gasteiger partial charge on any atom is -0.594 e. The number of hydrogen-bond donors (Lipinski definition) is 0. The zero-order chi connectivity index (χ0) is 13.1. The van der Waals surface area contributed by atoms with Crippen LogP contribution in [0, 0.1) is 26.0 Å². The molecular weight excluding hydrogens is 224 g/mol. The molecule has 0 saturated heterocycles. The van der Waals surface area contributed by atoms with Crippen molar-refractivity contribution in [2.45, 2.75) is 20.8 Å². The molecule has 0 bridgehead atoms. The minimum absolute atomic E-state index is 0.539. The number of para-hydroxylation sites is 1. The maximum atomic E-state index is 12.0. The second kappa shape index (κ2) is 5.00. The van der Waals surface area contributed by atoms with Crippen LogP contribution < -0.4 is 0 Å². The third kappa shape index (κ3) is 2.56. The van der Waals surface area contributed by atoms with Gasteiger partial charge in [0.25, 0.3) is 0 Å². The van der Waals surface area contributed by atoms with Gasteiger partial charge < -0.3 is 5.21 Å². The van der Waals surface area contributed by atoms with Crippen LogP contribution in [0.5, 0.6) is 0 Å². The molecule has 2 rings (SSSR count). The fraction of sp³-hybridized carbons (Fsp3) is 0.200. The van der Waals surface area contributed by atoms with E-state index in [1.54, 1.807) is 12.1 Å². The van der Waals surface area contributed by atoms with Crippen LogP contribution in [0.3, 0.4) is 0 Å². The molecule has 0 radical (unpaired) electrons. The first-order valence-corrected chi connectivity index (χ1v) is 5.90. The number of hydrogen-bond acceptors (Lipinski definition) is 2. The van der Waals surface area contributed by atoms with E-state index >= 15 is 0 Å². The van der Waals surface area contributed by atoms with Gasteiger partial charge in [0.2, 0.25) is 5.69 Å². The quantitative estimate of drug-likeness (QED) is 0.431. The average molecular weight is 240 g/mol. The van der Waals surface area contributed by atoms with E-state index in [1.165, 1.54) is 5.56 Å². The van der Waals surface area contributed by atoms with Crippen LogP contribution in [0.25, 0.3) is 0 Å². The van der Waals surface area contributed by atoms with Crippen LogP contribution in [0.4, 0.5) is 11.4 Å². The highest BCUT2D eigenvalue weighted by atomic mass is 16.5. The fourth-order valence-corrected chi connectivity index (χ4v) is 2.03. The van der Waals surface area contributed by atoms with Gasteiger partial charge in [-0.2, -0.15) is 0 Å². The van der Waals surface area contributed by atoms with Crippen LogP contribution in [-0.4, -0.2) is 4.86 Å². The maximum absolute atomic E-state index is 12.0. The topological polar surface area (TPSA) is 38.4 Å². The summed E-state index contributed by atoms with van der Waals surface area (Å²) in [6.45, 7) is 5.98. The van der Waals surface area contributed by atoms with E-state index in [0.29, 0.717) is 10.5 Å². The first-order valence-electron chi connectivity index (χ1n) is 5.90. The number of nitrogens with zero attached hydrogens (tertiary/aromatic N) is 2. The predicted octanol–water partition coefficient (Wildman–Crippen LogP) is 4.54. The van der Waals surface area contributed by atoms with Crippen molar-refractivity contribution in [2.24, 2.45) is 5.11 Å². The largest absolute Gasteiger partial charge is 0.594 e. The Morgan fingerprint density at radius 3 is 2.06 bits per heavy atom. The third-order valence-electron chi connectivity index (χ3n) is 2.80. The highest BCUT2D eigenvalue weighted by Gasteiger charge is 2.08. The van der Waals surface area contributed by atoms with Gasteiger partial charge in [-0.15, -0.1) is 0 Å². The summed E-state index contributed by atoms with van der Waals surface area (Å²) < 4.78 is 0. The van der Waals surface area contributed by atoms with Crippen molar-refractivity contribution in [3.8, 4) is 0 Å². The van der Waals surface area contributed by atoms with Crippen molar-refractivity contribution in [1.82, 2.24) is 0 Å². The lowest BCUT2D eigenvalue weighted by Crippen LogP contribution is -1.92. The highest BCUT2D eigenvalue weighted by Crippen LogP contribution is 2.26. The van der Waals surface area contributed by atoms with Crippen LogP contribution >= 0.6 is 0 Å². The zero-order valence-corrected chi connectivity index (χ0v) is 10.8. The van der Waals surface area contributed by atoms with Gasteiger partial charge in [-0.1, -0.05) is 40.8 Å². The molecule has 2 aromatic rings. The molecule has 2 aromatic carbocycles. The number of azo groups is 1. The predicted molar refractivity (Wildman–Crippen MR) is 72.5 cm³/mol. The van der Waals surface area contributed by atoms with Gasteiger partial charge in [0, 0.05) is 17.2 Å². The van der Waals surface area contributed by atoms with Crippen molar-refractivity contribution in [3.63, 3.8) is 0 Å². The molecule has 3 nitrogen and oxygen atoms in total. The first-order chi connectivity index (χ1) is 8.58. The molecule has 3 heteroatoms. The van der Waals surface area contributed by atoms with Crippen LogP contribution in [0.15, 0.2) is 47.6 Å². The van der Waals surface area contributed by atoms with E-state index in [9.17, 15) is 5.21 Å². The minimum atomic E-state index is 0.539. The smallest absolute Gasteiger partial charge is 0.244 e. The van der Waals surface area contributed by atoms with Crippen LogP contribution in [-0.2, 0) is 0 Å². The second-order valence-electron chi connectivity index (χ2n) is 4.46. The first kappa shape index (κ1) is 12.3.